The maximum Gasteiger partial charge on any atom is 0.361 e. The van der Waals surface area contributed by atoms with Crippen LogP contribution in [0.4, 0.5) is 0 Å². The zero-order chi connectivity index (χ0) is 22.5. The summed E-state index contributed by atoms with van der Waals surface area (Å²) in [4.78, 5) is 0. The number of hydrogen-bond donors (Lipinski definition) is 0. The van der Waals surface area contributed by atoms with Gasteiger partial charge < -0.3 is 9.47 Å². The normalized spacial score (nSPS) is 11.0. The van der Waals surface area contributed by atoms with E-state index in [9.17, 15) is 0 Å². The van der Waals surface area contributed by atoms with E-state index in [-0.39, 0.29) is 0 Å². The van der Waals surface area contributed by atoms with Gasteiger partial charge in [-0.25, -0.2) is 4.42 Å². The number of benzene rings is 3. The van der Waals surface area contributed by atoms with Gasteiger partial charge in [-0.05, 0) is 59.7 Å². The first-order valence-electron chi connectivity index (χ1n) is 9.96. The molecule has 0 atom stereocenters. The summed E-state index contributed by atoms with van der Waals surface area (Å²) < 4.78 is 19.0. The smallest absolute Gasteiger partial charge is 0.361 e. The van der Waals surface area contributed by atoms with E-state index in [1.165, 1.54) is 0 Å². The van der Waals surface area contributed by atoms with Crippen molar-refractivity contribution < 1.29 is 13.9 Å². The highest BCUT2D eigenvalue weighted by atomic mass is 79.9. The van der Waals surface area contributed by atoms with Crippen LogP contribution in [0.5, 0.6) is 11.5 Å². The van der Waals surface area contributed by atoms with Crippen LogP contribution in [0.1, 0.15) is 11.3 Å². The summed E-state index contributed by atoms with van der Waals surface area (Å²) in [6.07, 6.45) is 3.96. The molecule has 4 aromatic rings. The molecule has 0 aliphatic heterocycles. The molecule has 4 rings (SSSR count). The predicted octanol–water partition coefficient (Wildman–Crippen LogP) is 8.61. The van der Waals surface area contributed by atoms with Crippen molar-refractivity contribution in [2.45, 2.75) is 0 Å². The van der Waals surface area contributed by atoms with Gasteiger partial charge in [0.1, 0.15) is 0 Å². The lowest BCUT2D eigenvalue weighted by molar-refractivity contribution is 0.355. The van der Waals surface area contributed by atoms with Crippen molar-refractivity contribution in [3.63, 3.8) is 0 Å². The Morgan fingerprint density at radius 1 is 0.656 bits per heavy atom. The Balaban J connectivity index is 1.78. The van der Waals surface area contributed by atoms with E-state index in [2.05, 4.69) is 50.1 Å². The molecule has 5 heteroatoms. The van der Waals surface area contributed by atoms with E-state index in [1.807, 2.05) is 72.8 Å². The average Bonchev–Trinajstić information content (AvgIpc) is 2.82. The Labute approximate surface area is 204 Å². The van der Waals surface area contributed by atoms with Crippen molar-refractivity contribution in [3.05, 3.63) is 99.1 Å². The highest BCUT2D eigenvalue weighted by Gasteiger charge is 2.18. The first-order chi connectivity index (χ1) is 15.6. The summed E-state index contributed by atoms with van der Waals surface area (Å²) >= 11 is 7.13. The largest absolute Gasteiger partial charge is 0.493 e. The van der Waals surface area contributed by atoms with Crippen molar-refractivity contribution in [3.8, 4) is 33.9 Å². The first-order valence-corrected chi connectivity index (χ1v) is 11.5. The van der Waals surface area contributed by atoms with E-state index < -0.39 is 0 Å². The van der Waals surface area contributed by atoms with Crippen molar-refractivity contribution >= 4 is 44.0 Å². The van der Waals surface area contributed by atoms with Gasteiger partial charge in [0.2, 0.25) is 0 Å². The minimum Gasteiger partial charge on any atom is -0.493 e. The third-order valence-electron chi connectivity index (χ3n) is 4.93. The molecule has 1 heterocycles. The summed E-state index contributed by atoms with van der Waals surface area (Å²) in [5.74, 6) is 2.91. The molecule has 0 radical (unpaired) electrons. The molecule has 0 fully saturated rings. The lowest BCUT2D eigenvalue weighted by atomic mass is 10.0. The molecule has 0 saturated carbocycles. The summed E-state index contributed by atoms with van der Waals surface area (Å²) in [5.41, 5.74) is 4.15. The monoisotopic (exact) mass is 551 g/mol. The SMILES string of the molecule is COc1ccc(C=Cc2cc(-c3cccc(Br)c3)cc(-c3cccc(Br)c3)[o+]2)cc1OC. The number of methoxy groups -OCH3 is 2. The molecule has 0 spiro atoms. The zero-order valence-corrected chi connectivity index (χ0v) is 20.8. The molecular weight excluding hydrogens is 532 g/mol. The van der Waals surface area contributed by atoms with Gasteiger partial charge in [0.15, 0.2) is 11.5 Å². The minimum absolute atomic E-state index is 0.685. The number of hydrogen-bond acceptors (Lipinski definition) is 2. The quantitative estimate of drug-likeness (QED) is 0.224. The fraction of sp³-hybridized carbons (Fsp3) is 0.0741. The van der Waals surface area contributed by atoms with Gasteiger partial charge in [-0.1, -0.05) is 56.1 Å². The maximum absolute atomic E-state index is 6.26. The molecule has 0 aliphatic carbocycles. The van der Waals surface area contributed by atoms with Crippen molar-refractivity contribution in [2.75, 3.05) is 14.2 Å². The summed E-state index contributed by atoms with van der Waals surface area (Å²) in [6, 6.07) is 26.2. The highest BCUT2D eigenvalue weighted by Crippen LogP contribution is 2.32. The van der Waals surface area contributed by atoms with Crippen molar-refractivity contribution in [1.82, 2.24) is 0 Å². The van der Waals surface area contributed by atoms with Crippen LogP contribution in [0.2, 0.25) is 0 Å². The van der Waals surface area contributed by atoms with E-state index in [0.717, 1.165) is 42.7 Å². The molecule has 0 unspecified atom stereocenters. The highest BCUT2D eigenvalue weighted by molar-refractivity contribution is 9.10. The van der Waals surface area contributed by atoms with Gasteiger partial charge in [0.05, 0.1) is 31.9 Å². The zero-order valence-electron chi connectivity index (χ0n) is 17.6. The molecule has 3 aromatic carbocycles. The van der Waals surface area contributed by atoms with Crippen LogP contribution in [0.3, 0.4) is 0 Å². The molecule has 3 nitrogen and oxygen atoms in total. The Kier molecular flexibility index (Phi) is 7.08. The minimum atomic E-state index is 0.685. The van der Waals surface area contributed by atoms with Crippen molar-refractivity contribution in [2.24, 2.45) is 0 Å². The molecular formula is C27H21Br2O3+. The molecule has 0 saturated heterocycles. The lowest BCUT2D eigenvalue weighted by Crippen LogP contribution is -1.90. The topological polar surface area (TPSA) is 29.8 Å². The van der Waals surface area contributed by atoms with Gasteiger partial charge in [-0.15, -0.1) is 0 Å². The third kappa shape index (κ3) is 5.29. The molecule has 32 heavy (non-hydrogen) atoms. The molecule has 160 valence electrons. The molecule has 0 bridgehead atoms. The van der Waals surface area contributed by atoms with Gasteiger partial charge in [-0.3, -0.25) is 0 Å². The maximum atomic E-state index is 6.26. The van der Waals surface area contributed by atoms with Gasteiger partial charge in [-0.2, -0.15) is 0 Å². The molecule has 1 aromatic heterocycles. The fourth-order valence-corrected chi connectivity index (χ4v) is 4.16. The Morgan fingerprint density at radius 3 is 2.03 bits per heavy atom. The molecule has 0 aliphatic rings. The Morgan fingerprint density at radius 2 is 1.34 bits per heavy atom. The van der Waals surface area contributed by atoms with Crippen LogP contribution < -0.4 is 9.47 Å². The predicted molar refractivity (Wildman–Crippen MR) is 138 cm³/mol. The summed E-state index contributed by atoms with van der Waals surface area (Å²) in [5, 5.41) is 0. The Bertz CT molecular complexity index is 1220. The standard InChI is InChI=1S/C27H21Br2O3/c1-30-25-12-10-18(13-27(25)31-2)9-11-24-16-21(19-5-3-7-22(28)14-19)17-26(32-24)20-6-4-8-23(29)15-20/h3-17H,1-2H3/q+1. The third-order valence-corrected chi connectivity index (χ3v) is 5.91. The molecule has 0 N–H and O–H groups in total. The molecule has 0 amide bonds. The van der Waals surface area contributed by atoms with E-state index in [0.29, 0.717) is 11.5 Å². The van der Waals surface area contributed by atoms with Gasteiger partial charge in [0.25, 0.3) is 0 Å². The first kappa shape index (κ1) is 22.3. The van der Waals surface area contributed by atoms with Crippen LogP contribution in [-0.2, 0) is 0 Å². The summed E-state index contributed by atoms with van der Waals surface area (Å²) in [7, 11) is 3.26. The van der Waals surface area contributed by atoms with E-state index in [4.69, 9.17) is 13.9 Å². The van der Waals surface area contributed by atoms with E-state index in [1.54, 1.807) is 14.2 Å². The van der Waals surface area contributed by atoms with Gasteiger partial charge >= 0.3 is 11.5 Å². The van der Waals surface area contributed by atoms with Crippen LogP contribution in [0, 0.1) is 0 Å². The second-order valence-corrected chi connectivity index (χ2v) is 8.91. The number of ether oxygens (including phenoxy) is 2. The van der Waals surface area contributed by atoms with Crippen LogP contribution in [-0.4, -0.2) is 14.2 Å². The number of halogens is 2. The Hall–Kier alpha value is -2.89. The average molecular weight is 553 g/mol. The second kappa shape index (κ2) is 10.2. The van der Waals surface area contributed by atoms with Crippen molar-refractivity contribution in [1.29, 1.82) is 0 Å². The van der Waals surface area contributed by atoms with E-state index >= 15 is 0 Å². The number of rotatable bonds is 6. The van der Waals surface area contributed by atoms with Gasteiger partial charge in [0, 0.05) is 20.6 Å². The lowest BCUT2D eigenvalue weighted by Gasteiger charge is -2.07. The fourth-order valence-electron chi connectivity index (χ4n) is 3.36. The van der Waals surface area contributed by atoms with Crippen LogP contribution in [0.25, 0.3) is 34.6 Å². The summed E-state index contributed by atoms with van der Waals surface area (Å²) in [6.45, 7) is 0. The second-order valence-electron chi connectivity index (χ2n) is 7.08. The van der Waals surface area contributed by atoms with Crippen LogP contribution in [0.15, 0.2) is 92.2 Å². The van der Waals surface area contributed by atoms with Crippen LogP contribution >= 0.6 is 31.9 Å².